The molecule has 0 unspecified atom stereocenters. The van der Waals surface area contributed by atoms with Gasteiger partial charge in [-0.3, -0.25) is 4.98 Å². The molecule has 218 valence electrons. The zero-order valence-corrected chi connectivity index (χ0v) is 25.4. The molecule has 6 aromatic rings. The molecule has 0 aliphatic heterocycles. The number of fused-ring (bicyclic) bond motifs is 4. The van der Waals surface area contributed by atoms with E-state index in [1.54, 1.807) is 0 Å². The molecule has 9 rings (SSSR count). The predicted molar refractivity (Wildman–Crippen MR) is 190 cm³/mol. The van der Waals surface area contributed by atoms with Gasteiger partial charge in [-0.25, -0.2) is 9.97 Å². The van der Waals surface area contributed by atoms with Crippen molar-refractivity contribution in [3.05, 3.63) is 168 Å². The summed E-state index contributed by atoms with van der Waals surface area (Å²) in [5, 5.41) is 2.64. The van der Waals surface area contributed by atoms with Gasteiger partial charge in [0.2, 0.25) is 0 Å². The summed E-state index contributed by atoms with van der Waals surface area (Å²) in [4.78, 5) is 14.8. The molecule has 0 amide bonds. The van der Waals surface area contributed by atoms with Gasteiger partial charge in [0.15, 0.2) is 5.82 Å². The summed E-state index contributed by atoms with van der Waals surface area (Å²) in [5.74, 6) is 0.749. The minimum Gasteiger partial charge on any atom is -0.256 e. The van der Waals surface area contributed by atoms with E-state index in [1.807, 2.05) is 30.5 Å². The maximum atomic E-state index is 5.06. The average molecular weight is 590 g/mol. The molecule has 0 fully saturated rings. The van der Waals surface area contributed by atoms with Crippen LogP contribution in [0.25, 0.3) is 61.3 Å². The van der Waals surface area contributed by atoms with Gasteiger partial charge < -0.3 is 0 Å². The Morgan fingerprint density at radius 1 is 0.565 bits per heavy atom. The normalized spacial score (nSPS) is 15.1. The maximum Gasteiger partial charge on any atom is 0.160 e. The van der Waals surface area contributed by atoms with Crippen LogP contribution in [-0.2, 0) is 6.42 Å². The number of nitrogens with zero attached hydrogens (tertiary/aromatic N) is 3. The van der Waals surface area contributed by atoms with Crippen LogP contribution in [0, 0.1) is 0 Å². The van der Waals surface area contributed by atoms with Crippen molar-refractivity contribution in [2.75, 3.05) is 0 Å². The molecule has 0 saturated heterocycles. The summed E-state index contributed by atoms with van der Waals surface area (Å²) < 4.78 is 0. The van der Waals surface area contributed by atoms with E-state index in [9.17, 15) is 0 Å². The van der Waals surface area contributed by atoms with Crippen LogP contribution in [0.1, 0.15) is 41.8 Å². The van der Waals surface area contributed by atoms with Crippen LogP contribution in [0.4, 0.5) is 0 Å². The lowest BCUT2D eigenvalue weighted by molar-refractivity contribution is 1.03. The van der Waals surface area contributed by atoms with E-state index in [4.69, 9.17) is 15.0 Å². The second kappa shape index (κ2) is 11.0. The first-order chi connectivity index (χ1) is 22.8. The summed E-state index contributed by atoms with van der Waals surface area (Å²) in [5.41, 5.74) is 15.6. The number of aromatic nitrogens is 3. The molecule has 0 atom stereocenters. The highest BCUT2D eigenvalue weighted by Gasteiger charge is 2.30. The molecule has 0 spiro atoms. The van der Waals surface area contributed by atoms with Gasteiger partial charge in [0.05, 0.1) is 17.1 Å². The zero-order chi connectivity index (χ0) is 30.5. The van der Waals surface area contributed by atoms with Gasteiger partial charge in [-0.1, -0.05) is 115 Å². The first-order valence-corrected chi connectivity index (χ1v) is 16.1. The smallest absolute Gasteiger partial charge is 0.160 e. The molecule has 2 heterocycles. The van der Waals surface area contributed by atoms with E-state index in [0.29, 0.717) is 0 Å². The van der Waals surface area contributed by atoms with Gasteiger partial charge in [-0.05, 0) is 94.1 Å². The fourth-order valence-electron chi connectivity index (χ4n) is 7.26. The minimum absolute atomic E-state index is 0.749. The predicted octanol–water partition coefficient (Wildman–Crippen LogP) is 10.6. The fraction of sp³-hybridized carbons (Fsp3) is 0.0930. The van der Waals surface area contributed by atoms with Crippen molar-refractivity contribution in [3.63, 3.8) is 0 Å². The Hall–Kier alpha value is -5.67. The number of rotatable bonds is 5. The Morgan fingerprint density at radius 3 is 2.15 bits per heavy atom. The lowest BCUT2D eigenvalue weighted by Crippen LogP contribution is -1.98. The average Bonchev–Trinajstić information content (AvgIpc) is 3.72. The molecule has 0 N–H and O–H groups in total. The Kier molecular flexibility index (Phi) is 6.41. The van der Waals surface area contributed by atoms with Crippen LogP contribution >= 0.6 is 0 Å². The van der Waals surface area contributed by atoms with Gasteiger partial charge in [0, 0.05) is 22.9 Å². The number of pyridine rings is 1. The molecule has 3 aliphatic carbocycles. The molecule has 46 heavy (non-hydrogen) atoms. The number of benzene rings is 4. The minimum atomic E-state index is 0.749. The van der Waals surface area contributed by atoms with Crippen molar-refractivity contribution in [2.45, 2.75) is 25.7 Å². The van der Waals surface area contributed by atoms with E-state index in [1.165, 1.54) is 49.7 Å². The first kappa shape index (κ1) is 26.7. The highest BCUT2D eigenvalue weighted by Crippen LogP contribution is 2.50. The largest absolute Gasteiger partial charge is 0.256 e. The van der Waals surface area contributed by atoms with E-state index >= 15 is 0 Å². The summed E-state index contributed by atoms with van der Waals surface area (Å²) in [7, 11) is 0. The SMILES string of the molecule is C1=CC(c2cc(-c3ccc(-c4cc5c(c6ccccc46)CC4=C5C(c5ccccn5)=CC4)cc3)nc(-c3ccccc3)n2)=CCC1. The molecule has 0 bridgehead atoms. The van der Waals surface area contributed by atoms with Crippen molar-refractivity contribution in [2.24, 2.45) is 0 Å². The van der Waals surface area contributed by atoms with E-state index in [2.05, 4.69) is 109 Å². The summed E-state index contributed by atoms with van der Waals surface area (Å²) in [6, 6.07) is 38.8. The van der Waals surface area contributed by atoms with Crippen LogP contribution in [0.5, 0.6) is 0 Å². The first-order valence-electron chi connectivity index (χ1n) is 16.1. The van der Waals surface area contributed by atoms with Gasteiger partial charge in [0.1, 0.15) is 0 Å². The monoisotopic (exact) mass is 589 g/mol. The summed E-state index contributed by atoms with van der Waals surface area (Å²) >= 11 is 0. The number of allylic oxidation sites excluding steroid dienone is 8. The lowest BCUT2D eigenvalue weighted by atomic mass is 9.88. The van der Waals surface area contributed by atoms with E-state index < -0.39 is 0 Å². The van der Waals surface area contributed by atoms with Gasteiger partial charge in [-0.15, -0.1) is 0 Å². The highest BCUT2D eigenvalue weighted by molar-refractivity contribution is 6.14. The van der Waals surface area contributed by atoms with Crippen molar-refractivity contribution >= 4 is 27.5 Å². The zero-order valence-electron chi connectivity index (χ0n) is 25.4. The van der Waals surface area contributed by atoms with Crippen molar-refractivity contribution in [3.8, 4) is 33.8 Å². The molecular weight excluding hydrogens is 558 g/mol. The summed E-state index contributed by atoms with van der Waals surface area (Å²) in [6.07, 6.45) is 15.1. The Morgan fingerprint density at radius 2 is 1.35 bits per heavy atom. The third-order valence-corrected chi connectivity index (χ3v) is 9.47. The van der Waals surface area contributed by atoms with Crippen LogP contribution < -0.4 is 0 Å². The van der Waals surface area contributed by atoms with Gasteiger partial charge in [0.25, 0.3) is 0 Å². The highest BCUT2D eigenvalue weighted by atomic mass is 14.9. The quantitative estimate of drug-likeness (QED) is 0.201. The molecule has 0 saturated carbocycles. The van der Waals surface area contributed by atoms with Crippen LogP contribution in [0.3, 0.4) is 0 Å². The van der Waals surface area contributed by atoms with Crippen molar-refractivity contribution in [1.29, 1.82) is 0 Å². The van der Waals surface area contributed by atoms with Crippen LogP contribution in [0.15, 0.2) is 145 Å². The lowest BCUT2D eigenvalue weighted by Gasteiger charge is -2.16. The standard InChI is InChI=1S/C43H31N3/c1-3-11-29(12-4-1)40-27-41(46-43(45-40)31-13-5-2-6-14-31)30-20-18-28(19-21-30)36-26-38-37(34-16-8-7-15-33(34)36)25-32-22-23-35(42(32)38)39-17-9-10-24-44-39/h2-3,5-21,23-24,26-27H,1,4,22,25H2. The van der Waals surface area contributed by atoms with Crippen LogP contribution in [-0.4, -0.2) is 15.0 Å². The molecule has 4 aromatic carbocycles. The van der Waals surface area contributed by atoms with E-state index in [0.717, 1.165) is 65.3 Å². The molecule has 2 aromatic heterocycles. The summed E-state index contributed by atoms with van der Waals surface area (Å²) in [6.45, 7) is 0. The molecule has 3 nitrogen and oxygen atoms in total. The second-order valence-electron chi connectivity index (χ2n) is 12.2. The van der Waals surface area contributed by atoms with Crippen molar-refractivity contribution in [1.82, 2.24) is 15.0 Å². The van der Waals surface area contributed by atoms with E-state index in [-0.39, 0.29) is 0 Å². The topological polar surface area (TPSA) is 38.7 Å². The van der Waals surface area contributed by atoms with Crippen LogP contribution in [0.2, 0.25) is 0 Å². The Bertz CT molecular complexity index is 2270. The van der Waals surface area contributed by atoms with Gasteiger partial charge in [-0.2, -0.15) is 0 Å². The molecule has 3 heteroatoms. The molecule has 0 radical (unpaired) electrons. The number of hydrogen-bond acceptors (Lipinski definition) is 3. The fourth-order valence-corrected chi connectivity index (χ4v) is 7.26. The molecular formula is C43H31N3. The third-order valence-electron chi connectivity index (χ3n) is 9.47. The molecule has 3 aliphatic rings. The Labute approximate surface area is 269 Å². The number of hydrogen-bond donors (Lipinski definition) is 0. The van der Waals surface area contributed by atoms with Crippen molar-refractivity contribution < 1.29 is 0 Å². The maximum absolute atomic E-state index is 5.06. The third kappa shape index (κ3) is 4.55. The second-order valence-corrected chi connectivity index (χ2v) is 12.2. The van der Waals surface area contributed by atoms with Gasteiger partial charge >= 0.3 is 0 Å². The Balaban J connectivity index is 1.14.